The number of fused-ring (bicyclic) bond motifs is 1. The van der Waals surface area contributed by atoms with Crippen molar-refractivity contribution in [3.8, 4) is 0 Å². The fourth-order valence-corrected chi connectivity index (χ4v) is 2.85. The van der Waals surface area contributed by atoms with Crippen molar-refractivity contribution < 1.29 is 0 Å². The van der Waals surface area contributed by atoms with Gasteiger partial charge in [-0.3, -0.25) is 4.68 Å². The molecule has 0 aromatic carbocycles. The summed E-state index contributed by atoms with van der Waals surface area (Å²) in [6.07, 6.45) is 10.7. The molecule has 0 saturated carbocycles. The number of thiocarbonyl (C=S) groups is 1. The summed E-state index contributed by atoms with van der Waals surface area (Å²) in [7, 11) is 1.86. The molecule has 0 bridgehead atoms. The van der Waals surface area contributed by atoms with Gasteiger partial charge in [0.05, 0.1) is 36.8 Å². The van der Waals surface area contributed by atoms with Gasteiger partial charge in [0, 0.05) is 41.9 Å². The smallest absolute Gasteiger partial charge is 0.110 e. The highest BCUT2D eigenvalue weighted by Crippen LogP contribution is 2.15. The van der Waals surface area contributed by atoms with Crippen LogP contribution in [0, 0.1) is 0 Å². The third kappa shape index (κ3) is 4.66. The van der Waals surface area contributed by atoms with Gasteiger partial charge in [-0.05, 0) is 18.3 Å². The number of nitrogens with one attached hydrogen (secondary N) is 3. The molecular weight excluding hydrogens is 382 g/mol. The Morgan fingerprint density at radius 3 is 3.07 bits per heavy atom. The van der Waals surface area contributed by atoms with E-state index < -0.39 is 0 Å². The quantitative estimate of drug-likeness (QED) is 0.504. The Bertz CT molecular complexity index is 989. The van der Waals surface area contributed by atoms with Crippen LogP contribution >= 0.6 is 23.8 Å². The topological polar surface area (TPSA) is 71.2 Å². The summed E-state index contributed by atoms with van der Waals surface area (Å²) in [6, 6.07) is 3.71. The van der Waals surface area contributed by atoms with Crippen molar-refractivity contribution in [3.63, 3.8) is 0 Å². The SMILES string of the molecule is C=CN/C=C(/Cn1cc(C(=S)NCc2ncn3ccc(Cl)cc23)cn1)NC. The van der Waals surface area contributed by atoms with Gasteiger partial charge in [0.15, 0.2) is 0 Å². The second kappa shape index (κ2) is 8.70. The van der Waals surface area contributed by atoms with E-state index in [0.29, 0.717) is 23.1 Å². The van der Waals surface area contributed by atoms with Crippen LogP contribution in [-0.2, 0) is 13.1 Å². The molecule has 0 atom stereocenters. The average Bonchev–Trinajstić information content (AvgIpc) is 3.30. The maximum atomic E-state index is 6.08. The zero-order valence-electron chi connectivity index (χ0n) is 14.8. The van der Waals surface area contributed by atoms with Crippen LogP contribution in [0.3, 0.4) is 0 Å². The zero-order chi connectivity index (χ0) is 19.2. The van der Waals surface area contributed by atoms with Gasteiger partial charge in [-0.1, -0.05) is 30.4 Å². The van der Waals surface area contributed by atoms with Crippen LogP contribution in [0.2, 0.25) is 5.02 Å². The summed E-state index contributed by atoms with van der Waals surface area (Å²) in [4.78, 5) is 5.03. The summed E-state index contributed by atoms with van der Waals surface area (Å²) in [6.45, 7) is 4.71. The highest BCUT2D eigenvalue weighted by atomic mass is 35.5. The Morgan fingerprint density at radius 1 is 1.44 bits per heavy atom. The Balaban J connectivity index is 1.64. The molecule has 3 N–H and O–H groups in total. The molecule has 0 spiro atoms. The van der Waals surface area contributed by atoms with Crippen molar-refractivity contribution in [2.24, 2.45) is 0 Å². The molecule has 3 heterocycles. The van der Waals surface area contributed by atoms with E-state index in [1.807, 2.05) is 46.9 Å². The van der Waals surface area contributed by atoms with Crippen LogP contribution in [0.1, 0.15) is 11.3 Å². The van der Waals surface area contributed by atoms with Crippen LogP contribution in [0.15, 0.2) is 61.7 Å². The van der Waals surface area contributed by atoms with Gasteiger partial charge >= 0.3 is 0 Å². The number of imidazole rings is 1. The van der Waals surface area contributed by atoms with Crippen molar-refractivity contribution in [2.75, 3.05) is 7.05 Å². The number of halogens is 1. The van der Waals surface area contributed by atoms with Gasteiger partial charge in [-0.25, -0.2) is 4.98 Å². The first kappa shape index (κ1) is 18.9. The third-order valence-corrected chi connectivity index (χ3v) is 4.54. The van der Waals surface area contributed by atoms with E-state index >= 15 is 0 Å². The molecule has 0 radical (unpaired) electrons. The highest BCUT2D eigenvalue weighted by Gasteiger charge is 2.09. The lowest BCUT2D eigenvalue weighted by Gasteiger charge is -2.07. The number of hydrogen-bond donors (Lipinski definition) is 3. The summed E-state index contributed by atoms with van der Waals surface area (Å²) in [5, 5.41) is 14.3. The van der Waals surface area contributed by atoms with E-state index in [1.165, 1.54) is 0 Å². The lowest BCUT2D eigenvalue weighted by Crippen LogP contribution is -2.21. The molecule has 9 heteroatoms. The first-order valence-electron chi connectivity index (χ1n) is 8.26. The second-order valence-corrected chi connectivity index (χ2v) is 6.57. The van der Waals surface area contributed by atoms with Crippen LogP contribution in [-0.4, -0.2) is 31.2 Å². The molecule has 3 aromatic heterocycles. The van der Waals surface area contributed by atoms with E-state index in [-0.39, 0.29) is 0 Å². The van der Waals surface area contributed by atoms with E-state index in [2.05, 4.69) is 32.6 Å². The number of aromatic nitrogens is 4. The number of likely N-dealkylation sites (N-methyl/N-ethyl adjacent to an activating group) is 1. The maximum absolute atomic E-state index is 6.08. The van der Waals surface area contributed by atoms with Crippen LogP contribution < -0.4 is 16.0 Å². The summed E-state index contributed by atoms with van der Waals surface area (Å²) in [5.74, 6) is 0. The Morgan fingerprint density at radius 2 is 2.30 bits per heavy atom. The van der Waals surface area contributed by atoms with E-state index in [0.717, 1.165) is 22.5 Å². The van der Waals surface area contributed by atoms with E-state index in [9.17, 15) is 0 Å². The molecule has 0 aliphatic carbocycles. The van der Waals surface area contributed by atoms with Gasteiger partial charge in [-0.2, -0.15) is 5.10 Å². The molecular formula is C18H20ClN7S. The molecule has 0 aliphatic rings. The Labute approximate surface area is 167 Å². The van der Waals surface area contributed by atoms with Crippen molar-refractivity contribution in [1.82, 2.24) is 35.1 Å². The molecule has 0 aliphatic heterocycles. The van der Waals surface area contributed by atoms with E-state index in [1.54, 1.807) is 18.7 Å². The number of nitrogens with zero attached hydrogens (tertiary/aromatic N) is 4. The molecule has 7 nitrogen and oxygen atoms in total. The van der Waals surface area contributed by atoms with E-state index in [4.69, 9.17) is 23.8 Å². The Hall–Kier alpha value is -2.84. The fraction of sp³-hybridized carbons (Fsp3) is 0.167. The molecule has 0 fully saturated rings. The molecule has 3 rings (SSSR count). The van der Waals surface area contributed by atoms with Gasteiger partial charge < -0.3 is 20.4 Å². The number of rotatable bonds is 8. The molecule has 0 amide bonds. The monoisotopic (exact) mass is 401 g/mol. The average molecular weight is 402 g/mol. The largest absolute Gasteiger partial charge is 0.389 e. The molecule has 27 heavy (non-hydrogen) atoms. The first-order chi connectivity index (χ1) is 13.1. The second-order valence-electron chi connectivity index (χ2n) is 5.73. The van der Waals surface area contributed by atoms with Gasteiger partial charge in [-0.15, -0.1) is 0 Å². The normalized spacial score (nSPS) is 11.4. The highest BCUT2D eigenvalue weighted by molar-refractivity contribution is 7.80. The predicted octanol–water partition coefficient (Wildman–Crippen LogP) is 2.44. The van der Waals surface area contributed by atoms with Crippen molar-refractivity contribution in [1.29, 1.82) is 0 Å². The first-order valence-corrected chi connectivity index (χ1v) is 9.05. The summed E-state index contributed by atoms with van der Waals surface area (Å²) >= 11 is 11.6. The zero-order valence-corrected chi connectivity index (χ0v) is 16.4. The van der Waals surface area contributed by atoms with Crippen molar-refractivity contribution in [3.05, 3.63) is 78.0 Å². The third-order valence-electron chi connectivity index (χ3n) is 3.92. The molecule has 140 valence electrons. The van der Waals surface area contributed by atoms with Crippen LogP contribution in [0.25, 0.3) is 5.52 Å². The van der Waals surface area contributed by atoms with Gasteiger partial charge in [0.1, 0.15) is 4.99 Å². The lowest BCUT2D eigenvalue weighted by atomic mass is 10.3. The lowest BCUT2D eigenvalue weighted by molar-refractivity contribution is 0.644. The molecule has 0 saturated heterocycles. The van der Waals surface area contributed by atoms with Gasteiger partial charge in [0.2, 0.25) is 0 Å². The van der Waals surface area contributed by atoms with Crippen LogP contribution in [0.4, 0.5) is 0 Å². The number of pyridine rings is 1. The number of hydrogen-bond acceptors (Lipinski definition) is 5. The molecule has 0 unspecified atom stereocenters. The summed E-state index contributed by atoms with van der Waals surface area (Å²) in [5.41, 5.74) is 3.64. The number of allylic oxidation sites excluding steroid dienone is 1. The van der Waals surface area contributed by atoms with Gasteiger partial charge in [0.25, 0.3) is 0 Å². The minimum Gasteiger partial charge on any atom is -0.389 e. The summed E-state index contributed by atoms with van der Waals surface area (Å²) < 4.78 is 3.73. The minimum absolute atomic E-state index is 0.506. The predicted molar refractivity (Wildman–Crippen MR) is 111 cm³/mol. The fourth-order valence-electron chi connectivity index (χ4n) is 2.52. The molecule has 3 aromatic rings. The Kier molecular flexibility index (Phi) is 6.10. The standard InChI is InChI=1S/C18H20ClN7S/c1-3-21-8-15(20-2)11-26-10-13(7-24-26)18(27)22-9-16-17-6-14(19)4-5-25(17)12-23-16/h3-8,10,12,20-21H,1,9,11H2,2H3,(H,22,27)/b15-8-. The van der Waals surface area contributed by atoms with Crippen molar-refractivity contribution in [2.45, 2.75) is 13.1 Å². The maximum Gasteiger partial charge on any atom is 0.110 e. The minimum atomic E-state index is 0.506. The van der Waals surface area contributed by atoms with Crippen LogP contribution in [0.5, 0.6) is 0 Å². The van der Waals surface area contributed by atoms with Crippen molar-refractivity contribution >= 4 is 34.3 Å².